The Bertz CT molecular complexity index is 954. The van der Waals surface area contributed by atoms with E-state index in [2.05, 4.69) is 0 Å². The number of rotatable bonds is 7. The Balaban J connectivity index is 1.67. The van der Waals surface area contributed by atoms with Crippen LogP contribution in [-0.4, -0.2) is 45.5 Å². The van der Waals surface area contributed by atoms with Crippen LogP contribution in [-0.2, 0) is 21.2 Å². The largest absolute Gasteiger partial charge is 0.497 e. The van der Waals surface area contributed by atoms with Gasteiger partial charge in [-0.25, -0.2) is 17.6 Å². The van der Waals surface area contributed by atoms with E-state index in [9.17, 15) is 17.6 Å². The normalized spacial score (nSPS) is 15.1. The summed E-state index contributed by atoms with van der Waals surface area (Å²) in [4.78, 5) is 11.8. The number of hydrogen-bond acceptors (Lipinski definition) is 5. The number of nitrogens with zero attached hydrogens (tertiary/aromatic N) is 1. The zero-order chi connectivity index (χ0) is 20.9. The molecule has 0 unspecified atom stereocenters. The molecule has 1 aliphatic rings. The summed E-state index contributed by atoms with van der Waals surface area (Å²) in [5, 5.41) is 0. The van der Waals surface area contributed by atoms with Gasteiger partial charge in [-0.1, -0.05) is 18.6 Å². The zero-order valence-corrected chi connectivity index (χ0v) is 17.1. The lowest BCUT2D eigenvalue weighted by Gasteiger charge is -2.26. The average molecular weight is 421 g/mol. The van der Waals surface area contributed by atoms with E-state index in [0.29, 0.717) is 19.5 Å². The van der Waals surface area contributed by atoms with Crippen molar-refractivity contribution in [1.29, 1.82) is 0 Å². The van der Waals surface area contributed by atoms with E-state index >= 15 is 0 Å². The summed E-state index contributed by atoms with van der Waals surface area (Å²) in [6.45, 7) is 0.841. The number of piperidine rings is 1. The van der Waals surface area contributed by atoms with Crippen LogP contribution in [0.25, 0.3) is 0 Å². The molecule has 29 heavy (non-hydrogen) atoms. The van der Waals surface area contributed by atoms with Gasteiger partial charge in [-0.3, -0.25) is 0 Å². The molecule has 0 aromatic heterocycles. The highest BCUT2D eigenvalue weighted by Gasteiger charge is 2.29. The maximum atomic E-state index is 14.3. The van der Waals surface area contributed by atoms with Gasteiger partial charge in [0, 0.05) is 19.5 Å². The van der Waals surface area contributed by atoms with Crippen molar-refractivity contribution in [1.82, 2.24) is 4.31 Å². The predicted molar refractivity (Wildman–Crippen MR) is 106 cm³/mol. The van der Waals surface area contributed by atoms with Crippen LogP contribution in [0.4, 0.5) is 4.39 Å². The number of benzene rings is 2. The minimum absolute atomic E-state index is 0.0108. The quantitative estimate of drug-likeness (QED) is 0.641. The Kier molecular flexibility index (Phi) is 6.87. The van der Waals surface area contributed by atoms with Gasteiger partial charge in [-0.05, 0) is 48.7 Å². The summed E-state index contributed by atoms with van der Waals surface area (Å²) in [6.07, 6.45) is 2.94. The van der Waals surface area contributed by atoms with E-state index in [1.165, 1.54) is 10.4 Å². The third-order valence-corrected chi connectivity index (χ3v) is 6.80. The summed E-state index contributed by atoms with van der Waals surface area (Å²) in [7, 11) is -2.40. The van der Waals surface area contributed by atoms with Crippen molar-refractivity contribution in [2.24, 2.45) is 0 Å². The summed E-state index contributed by atoms with van der Waals surface area (Å²) in [5.41, 5.74) is 0.975. The van der Waals surface area contributed by atoms with Gasteiger partial charge < -0.3 is 9.47 Å². The van der Waals surface area contributed by atoms with Crippen molar-refractivity contribution in [2.45, 2.75) is 30.6 Å². The van der Waals surface area contributed by atoms with Gasteiger partial charge in [0.1, 0.15) is 16.5 Å². The topological polar surface area (TPSA) is 72.9 Å². The fourth-order valence-electron chi connectivity index (χ4n) is 3.21. The van der Waals surface area contributed by atoms with Gasteiger partial charge >= 0.3 is 5.97 Å². The summed E-state index contributed by atoms with van der Waals surface area (Å²) in [5.74, 6) is -0.821. The fraction of sp³-hybridized carbons (Fsp3) is 0.381. The molecule has 8 heteroatoms. The van der Waals surface area contributed by atoms with E-state index in [-0.39, 0.29) is 12.2 Å². The van der Waals surface area contributed by atoms with Gasteiger partial charge in [-0.2, -0.15) is 4.31 Å². The Labute approximate surface area is 170 Å². The fourth-order valence-corrected chi connectivity index (χ4v) is 4.82. The molecule has 0 spiro atoms. The van der Waals surface area contributed by atoms with E-state index in [0.717, 1.165) is 42.7 Å². The van der Waals surface area contributed by atoms with Gasteiger partial charge in [0.25, 0.3) is 0 Å². The molecule has 2 aromatic rings. The van der Waals surface area contributed by atoms with E-state index in [4.69, 9.17) is 9.47 Å². The molecule has 2 aromatic carbocycles. The first-order chi connectivity index (χ1) is 13.9. The van der Waals surface area contributed by atoms with E-state index < -0.39 is 26.7 Å². The smallest absolute Gasteiger partial charge is 0.338 e. The van der Waals surface area contributed by atoms with Crippen LogP contribution in [0.3, 0.4) is 0 Å². The molecule has 0 bridgehead atoms. The van der Waals surface area contributed by atoms with E-state index in [1.54, 1.807) is 7.11 Å². The second-order valence-corrected chi connectivity index (χ2v) is 8.75. The van der Waals surface area contributed by atoms with E-state index in [1.807, 2.05) is 24.3 Å². The molecule has 0 saturated carbocycles. The van der Waals surface area contributed by atoms with Gasteiger partial charge in [-0.15, -0.1) is 0 Å². The highest BCUT2D eigenvalue weighted by atomic mass is 32.2. The molecular weight excluding hydrogens is 397 g/mol. The minimum Gasteiger partial charge on any atom is -0.497 e. The van der Waals surface area contributed by atoms with Crippen LogP contribution in [0, 0.1) is 5.82 Å². The molecule has 0 aliphatic carbocycles. The maximum Gasteiger partial charge on any atom is 0.338 e. The molecule has 0 atom stereocenters. The second kappa shape index (κ2) is 9.37. The van der Waals surface area contributed by atoms with Crippen LogP contribution in [0.1, 0.15) is 35.2 Å². The maximum absolute atomic E-state index is 14.3. The van der Waals surface area contributed by atoms with Crippen LogP contribution >= 0.6 is 0 Å². The Hall–Kier alpha value is -2.45. The Morgan fingerprint density at radius 1 is 1.07 bits per heavy atom. The van der Waals surface area contributed by atoms with Crippen LogP contribution in [0.5, 0.6) is 5.75 Å². The monoisotopic (exact) mass is 421 g/mol. The summed E-state index contributed by atoms with van der Waals surface area (Å²) < 4.78 is 51.4. The number of hydrogen-bond donors (Lipinski definition) is 0. The molecular formula is C21H24FNO5S. The SMILES string of the molecule is COc1ccc(CCOC(=O)c2ccc(F)c(S(=O)(=O)N3CCCCC3)c2)cc1. The number of carbonyl (C=O) groups is 1. The van der Waals surface area contributed by atoms with Crippen molar-refractivity contribution >= 4 is 16.0 Å². The number of sulfonamides is 1. The highest BCUT2D eigenvalue weighted by molar-refractivity contribution is 7.89. The molecule has 0 amide bonds. The van der Waals surface area contributed by atoms with Crippen molar-refractivity contribution in [2.75, 3.05) is 26.8 Å². The number of ether oxygens (including phenoxy) is 2. The van der Waals surface area contributed by atoms with Crippen molar-refractivity contribution in [3.05, 3.63) is 59.4 Å². The summed E-state index contributed by atoms with van der Waals surface area (Å²) in [6, 6.07) is 10.7. The Morgan fingerprint density at radius 2 is 1.76 bits per heavy atom. The minimum atomic E-state index is -3.98. The lowest BCUT2D eigenvalue weighted by Crippen LogP contribution is -2.36. The number of halogens is 1. The molecule has 1 fully saturated rings. The van der Waals surface area contributed by atoms with Crippen LogP contribution in [0.2, 0.25) is 0 Å². The molecule has 3 rings (SSSR count). The standard InChI is InChI=1S/C21H24FNO5S/c1-27-18-8-5-16(6-9-18)11-14-28-21(24)17-7-10-19(22)20(15-17)29(25,26)23-12-3-2-4-13-23/h5-10,15H,2-4,11-14H2,1H3. The summed E-state index contributed by atoms with van der Waals surface area (Å²) >= 11 is 0. The zero-order valence-electron chi connectivity index (χ0n) is 16.3. The highest BCUT2D eigenvalue weighted by Crippen LogP contribution is 2.24. The lowest BCUT2D eigenvalue weighted by molar-refractivity contribution is 0.0509. The first-order valence-corrected chi connectivity index (χ1v) is 11.0. The first kappa shape index (κ1) is 21.3. The van der Waals surface area contributed by atoms with Crippen molar-refractivity contribution in [3.63, 3.8) is 0 Å². The van der Waals surface area contributed by atoms with Crippen molar-refractivity contribution in [3.8, 4) is 5.75 Å². The third-order valence-electron chi connectivity index (χ3n) is 4.88. The van der Waals surface area contributed by atoms with Gasteiger partial charge in [0.2, 0.25) is 10.0 Å². The molecule has 6 nitrogen and oxygen atoms in total. The number of carbonyl (C=O) groups excluding carboxylic acids is 1. The van der Waals surface area contributed by atoms with Gasteiger partial charge in [0.15, 0.2) is 0 Å². The molecule has 1 heterocycles. The number of esters is 1. The molecule has 0 N–H and O–H groups in total. The third kappa shape index (κ3) is 5.13. The molecule has 1 aliphatic heterocycles. The average Bonchev–Trinajstić information content (AvgIpc) is 2.75. The van der Waals surface area contributed by atoms with Crippen LogP contribution < -0.4 is 4.74 Å². The lowest BCUT2D eigenvalue weighted by atomic mass is 10.1. The van der Waals surface area contributed by atoms with Gasteiger partial charge in [0.05, 0.1) is 19.3 Å². The molecule has 0 radical (unpaired) electrons. The first-order valence-electron chi connectivity index (χ1n) is 9.51. The number of methoxy groups -OCH3 is 1. The Morgan fingerprint density at radius 3 is 2.41 bits per heavy atom. The predicted octanol–water partition coefficient (Wildman–Crippen LogP) is 3.41. The molecule has 156 valence electrons. The second-order valence-electron chi connectivity index (χ2n) is 6.84. The van der Waals surface area contributed by atoms with Crippen molar-refractivity contribution < 1.29 is 27.1 Å². The van der Waals surface area contributed by atoms with Crippen LogP contribution in [0.15, 0.2) is 47.4 Å². The molecule has 1 saturated heterocycles.